The molecule has 0 bridgehead atoms. The Morgan fingerprint density at radius 2 is 1.42 bits per heavy atom. The van der Waals surface area contributed by atoms with Gasteiger partial charge in [0.25, 0.3) is 6.08 Å². The molecule has 0 N–H and O–H groups in total. The zero-order chi connectivity index (χ0) is 13.7. The summed E-state index contributed by atoms with van der Waals surface area (Å²) in [4.78, 5) is 0. The molecular weight excluding hydrogens is 242 g/mol. The summed E-state index contributed by atoms with van der Waals surface area (Å²) in [5.74, 6) is 0.0675. The summed E-state index contributed by atoms with van der Waals surface area (Å²) in [5.41, 5.74) is 1.82. The Bertz CT molecular complexity index is 540. The van der Waals surface area contributed by atoms with Gasteiger partial charge in [-0.15, -0.1) is 0 Å². The second-order valence-corrected chi connectivity index (χ2v) is 4.62. The molecule has 0 radical (unpaired) electrons. The second-order valence-electron chi connectivity index (χ2n) is 4.62. The minimum absolute atomic E-state index is 0.0675. The van der Waals surface area contributed by atoms with Crippen molar-refractivity contribution >= 4 is 5.57 Å². The molecule has 2 aromatic carbocycles. The topological polar surface area (TPSA) is 0 Å². The molecule has 2 rings (SSSR count). The van der Waals surface area contributed by atoms with Gasteiger partial charge in [-0.1, -0.05) is 67.6 Å². The average molecular weight is 258 g/mol. The van der Waals surface area contributed by atoms with Crippen molar-refractivity contribution in [3.63, 3.8) is 0 Å². The molecule has 2 aromatic rings. The molecule has 0 spiro atoms. The van der Waals surface area contributed by atoms with Gasteiger partial charge in [-0.05, 0) is 23.5 Å². The molecule has 0 aromatic heterocycles. The number of allylic oxidation sites excluding steroid dienone is 1. The third-order valence-corrected chi connectivity index (χ3v) is 3.23. The van der Waals surface area contributed by atoms with Gasteiger partial charge in [0, 0.05) is 5.57 Å². The summed E-state index contributed by atoms with van der Waals surface area (Å²) >= 11 is 0. The third-order valence-electron chi connectivity index (χ3n) is 3.23. The van der Waals surface area contributed by atoms with Gasteiger partial charge in [0.1, 0.15) is 0 Å². The SMILES string of the molecule is CC(CC(=C(F)F)c1ccccc1)c1ccccc1. The van der Waals surface area contributed by atoms with E-state index in [1.807, 2.05) is 43.3 Å². The highest BCUT2D eigenvalue weighted by molar-refractivity contribution is 5.66. The predicted molar refractivity (Wildman–Crippen MR) is 75.1 cm³/mol. The molecule has 19 heavy (non-hydrogen) atoms. The highest BCUT2D eigenvalue weighted by Crippen LogP contribution is 2.31. The van der Waals surface area contributed by atoms with Crippen molar-refractivity contribution in [2.24, 2.45) is 0 Å². The zero-order valence-corrected chi connectivity index (χ0v) is 10.8. The Balaban J connectivity index is 2.22. The first-order valence-electron chi connectivity index (χ1n) is 6.33. The van der Waals surface area contributed by atoms with Crippen LogP contribution in [0, 0.1) is 0 Å². The van der Waals surface area contributed by atoms with E-state index < -0.39 is 6.08 Å². The quantitative estimate of drug-likeness (QED) is 0.680. The maximum atomic E-state index is 13.1. The Labute approximate surface area is 112 Å². The van der Waals surface area contributed by atoms with Crippen molar-refractivity contribution in [3.05, 3.63) is 77.9 Å². The van der Waals surface area contributed by atoms with Crippen LogP contribution < -0.4 is 0 Å². The normalized spacial score (nSPS) is 11.9. The summed E-state index contributed by atoms with van der Waals surface area (Å²) in [6.45, 7) is 1.97. The average Bonchev–Trinajstić information content (AvgIpc) is 2.46. The fourth-order valence-corrected chi connectivity index (χ4v) is 2.15. The van der Waals surface area contributed by atoms with E-state index in [1.54, 1.807) is 24.3 Å². The van der Waals surface area contributed by atoms with Gasteiger partial charge in [-0.3, -0.25) is 0 Å². The van der Waals surface area contributed by atoms with Crippen LogP contribution in [0.25, 0.3) is 5.57 Å². The van der Waals surface area contributed by atoms with E-state index in [0.717, 1.165) is 5.56 Å². The molecule has 0 saturated heterocycles. The van der Waals surface area contributed by atoms with Crippen LogP contribution >= 0.6 is 0 Å². The van der Waals surface area contributed by atoms with Crippen LogP contribution in [0.1, 0.15) is 30.4 Å². The van der Waals surface area contributed by atoms with Crippen LogP contribution in [-0.2, 0) is 0 Å². The first-order valence-corrected chi connectivity index (χ1v) is 6.33. The second kappa shape index (κ2) is 6.28. The summed E-state index contributed by atoms with van der Waals surface area (Å²) in [5, 5.41) is 0. The number of halogens is 2. The summed E-state index contributed by atoms with van der Waals surface area (Å²) in [6, 6.07) is 18.6. The highest BCUT2D eigenvalue weighted by atomic mass is 19.3. The van der Waals surface area contributed by atoms with Crippen LogP contribution in [0.2, 0.25) is 0 Å². The van der Waals surface area contributed by atoms with Crippen molar-refractivity contribution in [1.29, 1.82) is 0 Å². The molecule has 0 saturated carbocycles. The molecular formula is C17H16F2. The molecule has 0 aliphatic heterocycles. The smallest absolute Gasteiger partial charge is 0.173 e. The molecule has 0 aliphatic carbocycles. The van der Waals surface area contributed by atoms with Gasteiger partial charge in [0.15, 0.2) is 0 Å². The van der Waals surface area contributed by atoms with Crippen LogP contribution in [0.15, 0.2) is 66.7 Å². The largest absolute Gasteiger partial charge is 0.274 e. The minimum atomic E-state index is -1.59. The Morgan fingerprint density at radius 3 is 1.95 bits per heavy atom. The number of rotatable bonds is 4. The van der Waals surface area contributed by atoms with Crippen molar-refractivity contribution in [1.82, 2.24) is 0 Å². The molecule has 0 amide bonds. The molecule has 2 heteroatoms. The van der Waals surface area contributed by atoms with Crippen LogP contribution in [0.3, 0.4) is 0 Å². The lowest BCUT2D eigenvalue weighted by Crippen LogP contribution is -1.96. The molecule has 1 atom stereocenters. The van der Waals surface area contributed by atoms with Crippen molar-refractivity contribution in [3.8, 4) is 0 Å². The molecule has 0 fully saturated rings. The first kappa shape index (κ1) is 13.5. The predicted octanol–water partition coefficient (Wildman–Crippen LogP) is 5.49. The summed E-state index contributed by atoms with van der Waals surface area (Å²) in [6.07, 6.45) is -1.25. The lowest BCUT2D eigenvalue weighted by Gasteiger charge is -2.14. The third kappa shape index (κ3) is 3.50. The van der Waals surface area contributed by atoms with Gasteiger partial charge in [0.2, 0.25) is 0 Å². The van der Waals surface area contributed by atoms with Gasteiger partial charge < -0.3 is 0 Å². The van der Waals surface area contributed by atoms with Gasteiger partial charge in [-0.2, -0.15) is 8.78 Å². The number of hydrogen-bond acceptors (Lipinski definition) is 0. The Morgan fingerprint density at radius 1 is 0.895 bits per heavy atom. The number of hydrogen-bond donors (Lipinski definition) is 0. The summed E-state index contributed by atoms with van der Waals surface area (Å²) < 4.78 is 26.3. The van der Waals surface area contributed by atoms with E-state index >= 15 is 0 Å². The van der Waals surface area contributed by atoms with Crippen LogP contribution in [-0.4, -0.2) is 0 Å². The lowest BCUT2D eigenvalue weighted by molar-refractivity contribution is 0.422. The molecule has 0 nitrogen and oxygen atoms in total. The lowest BCUT2D eigenvalue weighted by atomic mass is 9.91. The monoisotopic (exact) mass is 258 g/mol. The van der Waals surface area contributed by atoms with Crippen LogP contribution in [0.5, 0.6) is 0 Å². The fraction of sp³-hybridized carbons (Fsp3) is 0.176. The maximum absolute atomic E-state index is 13.1. The molecule has 0 heterocycles. The van der Waals surface area contributed by atoms with E-state index in [4.69, 9.17) is 0 Å². The highest BCUT2D eigenvalue weighted by Gasteiger charge is 2.14. The standard InChI is InChI=1S/C17H16F2/c1-13(14-8-4-2-5-9-14)12-16(17(18)19)15-10-6-3-7-11-15/h2-11,13H,12H2,1H3. The maximum Gasteiger partial charge on any atom is 0.274 e. The zero-order valence-electron chi connectivity index (χ0n) is 10.8. The van der Waals surface area contributed by atoms with E-state index in [9.17, 15) is 8.78 Å². The molecule has 0 aliphatic rings. The van der Waals surface area contributed by atoms with Gasteiger partial charge >= 0.3 is 0 Å². The van der Waals surface area contributed by atoms with Crippen molar-refractivity contribution in [2.75, 3.05) is 0 Å². The van der Waals surface area contributed by atoms with Gasteiger partial charge in [-0.25, -0.2) is 0 Å². The Hall–Kier alpha value is -1.96. The van der Waals surface area contributed by atoms with E-state index in [0.29, 0.717) is 12.0 Å². The Kier molecular flexibility index (Phi) is 4.45. The van der Waals surface area contributed by atoms with E-state index in [-0.39, 0.29) is 11.5 Å². The molecule has 1 unspecified atom stereocenters. The first-order chi connectivity index (χ1) is 9.18. The number of benzene rings is 2. The van der Waals surface area contributed by atoms with Crippen molar-refractivity contribution < 1.29 is 8.78 Å². The van der Waals surface area contributed by atoms with Gasteiger partial charge in [0.05, 0.1) is 0 Å². The fourth-order valence-electron chi connectivity index (χ4n) is 2.15. The van der Waals surface area contributed by atoms with E-state index in [2.05, 4.69) is 0 Å². The molecule has 98 valence electrons. The summed E-state index contributed by atoms with van der Waals surface area (Å²) in [7, 11) is 0. The van der Waals surface area contributed by atoms with E-state index in [1.165, 1.54) is 0 Å². The minimum Gasteiger partial charge on any atom is -0.173 e. The van der Waals surface area contributed by atoms with Crippen molar-refractivity contribution in [2.45, 2.75) is 19.3 Å². The van der Waals surface area contributed by atoms with Crippen LogP contribution in [0.4, 0.5) is 8.78 Å².